The molecule has 4 heteroatoms. The zero-order chi connectivity index (χ0) is 14.0. The SMILES string of the molecule is Cc1cc(Cl)ccc1C(=O)Cc1cccc(F)c1Cl. The average Bonchev–Trinajstić information content (AvgIpc) is 2.34. The summed E-state index contributed by atoms with van der Waals surface area (Å²) in [6, 6.07) is 9.51. The summed E-state index contributed by atoms with van der Waals surface area (Å²) in [4.78, 5) is 12.2. The molecule has 0 aliphatic carbocycles. The minimum atomic E-state index is -0.514. The van der Waals surface area contributed by atoms with Crippen molar-refractivity contribution in [1.82, 2.24) is 0 Å². The normalized spacial score (nSPS) is 10.5. The van der Waals surface area contributed by atoms with Crippen LogP contribution in [0.25, 0.3) is 0 Å². The predicted molar refractivity (Wildman–Crippen MR) is 75.6 cm³/mol. The summed E-state index contributed by atoms with van der Waals surface area (Å²) < 4.78 is 13.3. The van der Waals surface area contributed by atoms with Gasteiger partial charge in [0.2, 0.25) is 0 Å². The molecule has 0 N–H and O–H groups in total. The highest BCUT2D eigenvalue weighted by atomic mass is 35.5. The van der Waals surface area contributed by atoms with Gasteiger partial charge in [0, 0.05) is 17.0 Å². The van der Waals surface area contributed by atoms with Gasteiger partial charge >= 0.3 is 0 Å². The van der Waals surface area contributed by atoms with Gasteiger partial charge in [-0.1, -0.05) is 35.3 Å². The van der Waals surface area contributed by atoms with E-state index in [0.29, 0.717) is 16.1 Å². The van der Waals surface area contributed by atoms with Gasteiger partial charge in [0.25, 0.3) is 0 Å². The van der Waals surface area contributed by atoms with Gasteiger partial charge in [-0.25, -0.2) is 4.39 Å². The maximum Gasteiger partial charge on any atom is 0.167 e. The Morgan fingerprint density at radius 1 is 1.21 bits per heavy atom. The monoisotopic (exact) mass is 296 g/mol. The van der Waals surface area contributed by atoms with Gasteiger partial charge in [0.1, 0.15) is 5.82 Å². The first-order chi connectivity index (χ1) is 8.99. The Morgan fingerprint density at radius 2 is 1.95 bits per heavy atom. The van der Waals surface area contributed by atoms with Gasteiger partial charge in [0.05, 0.1) is 5.02 Å². The van der Waals surface area contributed by atoms with Gasteiger partial charge in [-0.15, -0.1) is 0 Å². The summed E-state index contributed by atoms with van der Waals surface area (Å²) in [5, 5.41) is 0.584. The molecule has 0 bridgehead atoms. The molecule has 0 aliphatic rings. The minimum Gasteiger partial charge on any atom is -0.294 e. The molecule has 0 saturated heterocycles. The maximum atomic E-state index is 13.3. The predicted octanol–water partition coefficient (Wildman–Crippen LogP) is 4.87. The zero-order valence-electron chi connectivity index (χ0n) is 10.2. The Labute approximate surface area is 121 Å². The molecule has 0 radical (unpaired) electrons. The molecule has 0 amide bonds. The number of hydrogen-bond donors (Lipinski definition) is 0. The van der Waals surface area contributed by atoms with Gasteiger partial charge in [-0.2, -0.15) is 0 Å². The van der Waals surface area contributed by atoms with E-state index in [-0.39, 0.29) is 17.2 Å². The molecule has 0 fully saturated rings. The number of rotatable bonds is 3. The zero-order valence-corrected chi connectivity index (χ0v) is 11.7. The molecular weight excluding hydrogens is 286 g/mol. The topological polar surface area (TPSA) is 17.1 Å². The van der Waals surface area contributed by atoms with Gasteiger partial charge in [-0.3, -0.25) is 4.79 Å². The molecule has 2 aromatic rings. The van der Waals surface area contributed by atoms with E-state index in [0.717, 1.165) is 5.56 Å². The standard InChI is InChI=1S/C15H11Cl2FO/c1-9-7-11(16)5-6-12(9)14(19)8-10-3-2-4-13(18)15(10)17/h2-7H,8H2,1H3. The van der Waals surface area contributed by atoms with Crippen molar-refractivity contribution in [3.63, 3.8) is 0 Å². The maximum absolute atomic E-state index is 13.3. The molecule has 2 rings (SSSR count). The molecule has 0 aromatic heterocycles. The van der Waals surface area contributed by atoms with E-state index in [2.05, 4.69) is 0 Å². The number of halogens is 3. The largest absolute Gasteiger partial charge is 0.294 e. The van der Waals surface area contributed by atoms with Crippen LogP contribution in [0.1, 0.15) is 21.5 Å². The Balaban J connectivity index is 2.28. The highest BCUT2D eigenvalue weighted by Crippen LogP contribution is 2.23. The molecule has 2 aromatic carbocycles. The lowest BCUT2D eigenvalue weighted by atomic mass is 9.99. The van der Waals surface area contributed by atoms with Crippen LogP contribution in [0.3, 0.4) is 0 Å². The van der Waals surface area contributed by atoms with Gasteiger partial charge < -0.3 is 0 Å². The summed E-state index contributed by atoms with van der Waals surface area (Å²) in [6.07, 6.45) is 0.0685. The summed E-state index contributed by atoms with van der Waals surface area (Å²) in [5.74, 6) is -0.624. The Hall–Kier alpha value is -1.38. The Bertz CT molecular complexity index is 638. The molecule has 0 atom stereocenters. The van der Waals surface area contributed by atoms with E-state index in [1.807, 2.05) is 6.92 Å². The third-order valence-electron chi connectivity index (χ3n) is 2.87. The van der Waals surface area contributed by atoms with Crippen LogP contribution in [0.2, 0.25) is 10.0 Å². The second-order valence-electron chi connectivity index (χ2n) is 4.27. The first-order valence-corrected chi connectivity index (χ1v) is 6.47. The smallest absolute Gasteiger partial charge is 0.167 e. The van der Waals surface area contributed by atoms with E-state index in [4.69, 9.17) is 23.2 Å². The van der Waals surface area contributed by atoms with Gasteiger partial charge in [-0.05, 0) is 42.3 Å². The molecule has 0 aliphatic heterocycles. The minimum absolute atomic E-state index is 0.00228. The molecule has 0 heterocycles. The van der Waals surface area contributed by atoms with Crippen molar-refractivity contribution < 1.29 is 9.18 Å². The highest BCUT2D eigenvalue weighted by Gasteiger charge is 2.13. The average molecular weight is 297 g/mol. The van der Waals surface area contributed by atoms with Crippen LogP contribution >= 0.6 is 23.2 Å². The Kier molecular flexibility index (Phi) is 4.23. The van der Waals surface area contributed by atoms with E-state index < -0.39 is 5.82 Å². The lowest BCUT2D eigenvalue weighted by Crippen LogP contribution is -2.06. The number of benzene rings is 2. The second-order valence-corrected chi connectivity index (χ2v) is 5.09. The van der Waals surface area contributed by atoms with Gasteiger partial charge in [0.15, 0.2) is 5.78 Å². The number of Topliss-reactive ketones (excluding diaryl/α,β-unsaturated/α-hetero) is 1. The number of ketones is 1. The van der Waals surface area contributed by atoms with Crippen LogP contribution in [-0.4, -0.2) is 5.78 Å². The lowest BCUT2D eigenvalue weighted by molar-refractivity contribution is 0.0992. The lowest BCUT2D eigenvalue weighted by Gasteiger charge is -2.07. The molecule has 0 spiro atoms. The fourth-order valence-electron chi connectivity index (χ4n) is 1.89. The first kappa shape index (κ1) is 14.0. The Morgan fingerprint density at radius 3 is 2.63 bits per heavy atom. The quantitative estimate of drug-likeness (QED) is 0.739. The van der Waals surface area contributed by atoms with Crippen molar-refractivity contribution in [2.45, 2.75) is 13.3 Å². The highest BCUT2D eigenvalue weighted by molar-refractivity contribution is 6.32. The van der Waals surface area contributed by atoms with Crippen molar-refractivity contribution in [2.24, 2.45) is 0 Å². The summed E-state index contributed by atoms with van der Waals surface area (Å²) >= 11 is 11.7. The van der Waals surface area contributed by atoms with Crippen LogP contribution in [-0.2, 0) is 6.42 Å². The third kappa shape index (κ3) is 3.14. The van der Waals surface area contributed by atoms with Crippen LogP contribution in [0.15, 0.2) is 36.4 Å². The molecular formula is C15H11Cl2FO. The summed E-state index contributed by atoms with van der Waals surface area (Å²) in [6.45, 7) is 1.81. The van der Waals surface area contributed by atoms with Crippen LogP contribution in [0.5, 0.6) is 0 Å². The number of carbonyl (C=O) groups excluding carboxylic acids is 1. The number of hydrogen-bond acceptors (Lipinski definition) is 1. The van der Waals surface area contributed by atoms with Crippen molar-refractivity contribution >= 4 is 29.0 Å². The van der Waals surface area contributed by atoms with Crippen LogP contribution in [0, 0.1) is 12.7 Å². The molecule has 0 saturated carbocycles. The van der Waals surface area contributed by atoms with E-state index >= 15 is 0 Å². The molecule has 1 nitrogen and oxygen atoms in total. The first-order valence-electron chi connectivity index (χ1n) is 5.71. The van der Waals surface area contributed by atoms with Crippen molar-refractivity contribution in [2.75, 3.05) is 0 Å². The summed E-state index contributed by atoms with van der Waals surface area (Å²) in [7, 11) is 0. The van der Waals surface area contributed by atoms with E-state index in [1.165, 1.54) is 6.07 Å². The summed E-state index contributed by atoms with van der Waals surface area (Å²) in [5.41, 5.74) is 1.86. The third-order valence-corrected chi connectivity index (χ3v) is 3.53. The number of carbonyl (C=O) groups is 1. The molecule has 19 heavy (non-hydrogen) atoms. The van der Waals surface area contributed by atoms with Crippen molar-refractivity contribution in [1.29, 1.82) is 0 Å². The van der Waals surface area contributed by atoms with E-state index in [9.17, 15) is 9.18 Å². The fraction of sp³-hybridized carbons (Fsp3) is 0.133. The van der Waals surface area contributed by atoms with Crippen LogP contribution in [0.4, 0.5) is 4.39 Å². The van der Waals surface area contributed by atoms with Crippen molar-refractivity contribution in [3.8, 4) is 0 Å². The number of aryl methyl sites for hydroxylation is 1. The molecule has 98 valence electrons. The second kappa shape index (κ2) is 5.72. The fourth-order valence-corrected chi connectivity index (χ4v) is 2.31. The van der Waals surface area contributed by atoms with Crippen molar-refractivity contribution in [3.05, 3.63) is 69.0 Å². The van der Waals surface area contributed by atoms with Crippen LogP contribution < -0.4 is 0 Å². The van der Waals surface area contributed by atoms with E-state index in [1.54, 1.807) is 30.3 Å². The molecule has 0 unspecified atom stereocenters.